The fourth-order valence-corrected chi connectivity index (χ4v) is 4.56. The molecule has 0 unspecified atom stereocenters. The van der Waals surface area contributed by atoms with E-state index in [0.717, 1.165) is 49.6 Å². The van der Waals surface area contributed by atoms with E-state index in [2.05, 4.69) is 41.4 Å². The van der Waals surface area contributed by atoms with Gasteiger partial charge >= 0.3 is 0 Å². The summed E-state index contributed by atoms with van der Waals surface area (Å²) in [6, 6.07) is 16.4. The number of carbonyl (C=O) groups excluding carboxylic acids is 1. The molecule has 0 spiro atoms. The lowest BCUT2D eigenvalue weighted by Crippen LogP contribution is -2.43. The van der Waals surface area contributed by atoms with Crippen molar-refractivity contribution in [3.8, 4) is 0 Å². The first-order valence-corrected chi connectivity index (χ1v) is 10.8. The smallest absolute Gasteiger partial charge is 0.230 e. The van der Waals surface area contributed by atoms with Crippen molar-refractivity contribution in [3.05, 3.63) is 70.2 Å². The molecule has 2 aromatic carbocycles. The number of amides is 1. The minimum Gasteiger partial charge on any atom is -0.355 e. The van der Waals surface area contributed by atoms with Crippen LogP contribution in [0.5, 0.6) is 0 Å². The second kappa shape index (κ2) is 8.26. The minimum atomic E-state index is -0.319. The number of hydrogen-bond acceptors (Lipinski definition) is 2. The molecule has 0 aromatic heterocycles. The fourth-order valence-electron chi connectivity index (χ4n) is 4.44. The maximum Gasteiger partial charge on any atom is 0.230 e. The van der Waals surface area contributed by atoms with Gasteiger partial charge in [-0.3, -0.25) is 9.69 Å². The Morgan fingerprint density at radius 2 is 1.93 bits per heavy atom. The Hall–Kier alpha value is -1.84. The minimum absolute atomic E-state index is 0.186. The quantitative estimate of drug-likeness (QED) is 0.766. The standard InChI is InChI=1S/C24H29ClN2O/c1-18-5-2-3-7-20(18)17-27-14-4-6-19(16-27)15-26-23(28)24(12-13-24)21-8-10-22(25)11-9-21/h2-3,5,7-11,19H,4,6,12-17H2,1H3,(H,26,28)/t19-/m0/s1. The molecular weight excluding hydrogens is 368 g/mol. The van der Waals surface area contributed by atoms with Gasteiger partial charge in [0.1, 0.15) is 0 Å². The first-order chi connectivity index (χ1) is 13.6. The predicted molar refractivity (Wildman–Crippen MR) is 115 cm³/mol. The molecular formula is C24H29ClN2O. The first-order valence-electron chi connectivity index (χ1n) is 10.4. The zero-order valence-electron chi connectivity index (χ0n) is 16.6. The number of piperidine rings is 1. The Bertz CT molecular complexity index is 829. The highest BCUT2D eigenvalue weighted by atomic mass is 35.5. The largest absolute Gasteiger partial charge is 0.355 e. The Morgan fingerprint density at radius 1 is 1.18 bits per heavy atom. The molecule has 1 saturated carbocycles. The average Bonchev–Trinajstić information content (AvgIpc) is 3.51. The molecule has 2 aliphatic rings. The molecule has 1 aliphatic heterocycles. The van der Waals surface area contributed by atoms with Gasteiger partial charge in [-0.05, 0) is 73.9 Å². The molecule has 4 rings (SSSR count). The van der Waals surface area contributed by atoms with Crippen LogP contribution in [0.2, 0.25) is 5.02 Å². The van der Waals surface area contributed by atoms with Gasteiger partial charge in [0.2, 0.25) is 5.91 Å². The van der Waals surface area contributed by atoms with Crippen molar-refractivity contribution in [2.75, 3.05) is 19.6 Å². The van der Waals surface area contributed by atoms with E-state index in [1.165, 1.54) is 24.0 Å². The second-order valence-electron chi connectivity index (χ2n) is 8.47. The zero-order valence-corrected chi connectivity index (χ0v) is 17.3. The van der Waals surface area contributed by atoms with E-state index in [-0.39, 0.29) is 11.3 Å². The van der Waals surface area contributed by atoms with E-state index in [1.54, 1.807) is 0 Å². The number of nitrogens with one attached hydrogen (secondary N) is 1. The summed E-state index contributed by atoms with van der Waals surface area (Å²) in [4.78, 5) is 15.5. The molecule has 1 amide bonds. The Kier molecular flexibility index (Phi) is 5.75. The van der Waals surface area contributed by atoms with Gasteiger partial charge in [0.15, 0.2) is 0 Å². The number of nitrogens with zero attached hydrogens (tertiary/aromatic N) is 1. The van der Waals surface area contributed by atoms with Crippen LogP contribution in [-0.4, -0.2) is 30.4 Å². The molecule has 148 valence electrons. The molecule has 1 heterocycles. The van der Waals surface area contributed by atoms with Crippen LogP contribution in [0.15, 0.2) is 48.5 Å². The molecule has 2 fully saturated rings. The zero-order chi connectivity index (χ0) is 19.6. The van der Waals surface area contributed by atoms with Crippen LogP contribution < -0.4 is 5.32 Å². The second-order valence-corrected chi connectivity index (χ2v) is 8.91. The molecule has 2 aromatic rings. The molecule has 28 heavy (non-hydrogen) atoms. The van der Waals surface area contributed by atoms with E-state index in [1.807, 2.05) is 24.3 Å². The van der Waals surface area contributed by atoms with Crippen molar-refractivity contribution < 1.29 is 4.79 Å². The highest BCUT2D eigenvalue weighted by molar-refractivity contribution is 6.30. The fraction of sp³-hybridized carbons (Fsp3) is 0.458. The Labute approximate surface area is 173 Å². The summed E-state index contributed by atoms with van der Waals surface area (Å²) >= 11 is 6.00. The van der Waals surface area contributed by atoms with E-state index in [9.17, 15) is 4.79 Å². The van der Waals surface area contributed by atoms with Gasteiger partial charge in [-0.15, -0.1) is 0 Å². The third kappa shape index (κ3) is 4.26. The summed E-state index contributed by atoms with van der Waals surface area (Å²) in [5.41, 5.74) is 3.54. The number of benzene rings is 2. The topological polar surface area (TPSA) is 32.3 Å². The summed E-state index contributed by atoms with van der Waals surface area (Å²) < 4.78 is 0. The summed E-state index contributed by atoms with van der Waals surface area (Å²) in [6.07, 6.45) is 4.27. The van der Waals surface area contributed by atoms with E-state index in [0.29, 0.717) is 5.92 Å². The molecule has 0 radical (unpaired) electrons. The summed E-state index contributed by atoms with van der Waals surface area (Å²) in [5, 5.41) is 3.98. The van der Waals surface area contributed by atoms with Gasteiger partial charge < -0.3 is 5.32 Å². The maximum atomic E-state index is 12.9. The lowest BCUT2D eigenvalue weighted by molar-refractivity contribution is -0.123. The van der Waals surface area contributed by atoms with Gasteiger partial charge in [-0.1, -0.05) is 48.0 Å². The van der Waals surface area contributed by atoms with Crippen LogP contribution in [0, 0.1) is 12.8 Å². The van der Waals surface area contributed by atoms with Gasteiger partial charge in [0.25, 0.3) is 0 Å². The van der Waals surface area contributed by atoms with Crippen LogP contribution in [0.4, 0.5) is 0 Å². The molecule has 4 heteroatoms. The van der Waals surface area contributed by atoms with Crippen molar-refractivity contribution in [2.45, 2.75) is 44.6 Å². The van der Waals surface area contributed by atoms with E-state index < -0.39 is 0 Å². The van der Waals surface area contributed by atoms with Crippen molar-refractivity contribution in [1.82, 2.24) is 10.2 Å². The first kappa shape index (κ1) is 19.5. The average molecular weight is 397 g/mol. The maximum absolute atomic E-state index is 12.9. The SMILES string of the molecule is Cc1ccccc1CN1CCC[C@@H](CNC(=O)C2(c3ccc(Cl)cc3)CC2)C1. The van der Waals surface area contributed by atoms with Crippen LogP contribution in [-0.2, 0) is 16.8 Å². The van der Waals surface area contributed by atoms with Crippen molar-refractivity contribution in [3.63, 3.8) is 0 Å². The van der Waals surface area contributed by atoms with Crippen molar-refractivity contribution >= 4 is 17.5 Å². The summed E-state index contributed by atoms with van der Waals surface area (Å²) in [7, 11) is 0. The Balaban J connectivity index is 1.31. The predicted octanol–water partition coefficient (Wildman–Crippen LogP) is 4.71. The number of likely N-dealkylation sites (tertiary alicyclic amines) is 1. The van der Waals surface area contributed by atoms with Gasteiger partial charge in [0.05, 0.1) is 5.41 Å². The van der Waals surface area contributed by atoms with Gasteiger partial charge in [-0.2, -0.15) is 0 Å². The number of carbonyl (C=O) groups is 1. The molecule has 1 N–H and O–H groups in total. The van der Waals surface area contributed by atoms with Crippen LogP contribution in [0.3, 0.4) is 0 Å². The third-order valence-electron chi connectivity index (χ3n) is 6.39. The van der Waals surface area contributed by atoms with Crippen LogP contribution in [0.1, 0.15) is 42.4 Å². The van der Waals surface area contributed by atoms with Gasteiger partial charge in [0, 0.05) is 24.7 Å². The molecule has 3 nitrogen and oxygen atoms in total. The molecule has 1 atom stereocenters. The van der Waals surface area contributed by atoms with Gasteiger partial charge in [-0.25, -0.2) is 0 Å². The lowest BCUT2D eigenvalue weighted by Gasteiger charge is -2.33. The summed E-state index contributed by atoms with van der Waals surface area (Å²) in [6.45, 7) is 6.17. The van der Waals surface area contributed by atoms with E-state index >= 15 is 0 Å². The van der Waals surface area contributed by atoms with Crippen molar-refractivity contribution in [1.29, 1.82) is 0 Å². The Morgan fingerprint density at radius 3 is 2.64 bits per heavy atom. The normalized spacial score (nSPS) is 21.3. The molecule has 1 saturated heterocycles. The summed E-state index contributed by atoms with van der Waals surface area (Å²) in [5.74, 6) is 0.716. The van der Waals surface area contributed by atoms with E-state index in [4.69, 9.17) is 11.6 Å². The van der Waals surface area contributed by atoms with Crippen LogP contribution in [0.25, 0.3) is 0 Å². The monoisotopic (exact) mass is 396 g/mol. The molecule has 0 bridgehead atoms. The van der Waals surface area contributed by atoms with Crippen LogP contribution >= 0.6 is 11.6 Å². The number of halogens is 1. The highest BCUT2D eigenvalue weighted by Gasteiger charge is 2.51. The number of rotatable bonds is 6. The number of aryl methyl sites for hydroxylation is 1. The highest BCUT2D eigenvalue weighted by Crippen LogP contribution is 2.48. The lowest BCUT2D eigenvalue weighted by atomic mass is 9.93. The third-order valence-corrected chi connectivity index (χ3v) is 6.64. The molecule has 1 aliphatic carbocycles. The van der Waals surface area contributed by atoms with Crippen molar-refractivity contribution in [2.24, 2.45) is 5.92 Å². The number of hydrogen-bond donors (Lipinski definition) is 1.